The minimum absolute atomic E-state index is 0.119. The molecule has 0 aliphatic carbocycles. The Kier molecular flexibility index (Phi) is 3.19. The van der Waals surface area contributed by atoms with Crippen LogP contribution in [-0.4, -0.2) is 17.9 Å². The lowest BCUT2D eigenvalue weighted by Crippen LogP contribution is -2.06. The third-order valence-electron chi connectivity index (χ3n) is 2.50. The number of ketones is 1. The molecule has 2 rings (SSSR count). The molecule has 0 amide bonds. The van der Waals surface area contributed by atoms with Crippen molar-refractivity contribution in [1.82, 2.24) is 4.98 Å². The topological polar surface area (TPSA) is 39.2 Å². The molecule has 0 unspecified atom stereocenters. The zero-order chi connectivity index (χ0) is 12.3. The molecular weight excluding hydrogens is 214 g/mol. The molecule has 1 aromatic heterocycles. The lowest BCUT2D eigenvalue weighted by molar-refractivity contribution is 0.103. The Morgan fingerprint density at radius 1 is 1.24 bits per heavy atom. The van der Waals surface area contributed by atoms with Crippen molar-refractivity contribution in [3.63, 3.8) is 0 Å². The summed E-state index contributed by atoms with van der Waals surface area (Å²) in [5, 5.41) is 0. The van der Waals surface area contributed by atoms with Gasteiger partial charge in [-0.2, -0.15) is 0 Å². The zero-order valence-electron chi connectivity index (χ0n) is 9.81. The monoisotopic (exact) mass is 227 g/mol. The van der Waals surface area contributed by atoms with Gasteiger partial charge in [0.2, 0.25) is 5.78 Å². The van der Waals surface area contributed by atoms with Gasteiger partial charge >= 0.3 is 0 Å². The molecule has 1 aromatic carbocycles. The van der Waals surface area contributed by atoms with E-state index >= 15 is 0 Å². The average Bonchev–Trinajstić information content (AvgIpc) is 2.38. The molecule has 0 spiro atoms. The van der Waals surface area contributed by atoms with Crippen LogP contribution in [0.25, 0.3) is 0 Å². The second-order valence-electron chi connectivity index (χ2n) is 3.75. The van der Waals surface area contributed by atoms with E-state index in [4.69, 9.17) is 4.74 Å². The van der Waals surface area contributed by atoms with Crippen LogP contribution in [0.5, 0.6) is 5.75 Å². The number of aryl methyl sites for hydroxylation is 1. The Balaban J connectivity index is 2.44. The van der Waals surface area contributed by atoms with Crippen LogP contribution in [0.2, 0.25) is 0 Å². The molecule has 0 radical (unpaired) electrons. The Morgan fingerprint density at radius 3 is 2.71 bits per heavy atom. The van der Waals surface area contributed by atoms with Crippen molar-refractivity contribution in [3.8, 4) is 5.75 Å². The molecule has 0 saturated carbocycles. The van der Waals surface area contributed by atoms with Crippen molar-refractivity contribution in [3.05, 3.63) is 59.4 Å². The van der Waals surface area contributed by atoms with Crippen molar-refractivity contribution >= 4 is 5.78 Å². The van der Waals surface area contributed by atoms with Gasteiger partial charge in [0.25, 0.3) is 0 Å². The molecular formula is C14H13NO2. The summed E-state index contributed by atoms with van der Waals surface area (Å²) in [6.07, 6.45) is 1.64. The number of benzene rings is 1. The van der Waals surface area contributed by atoms with Crippen LogP contribution in [0.4, 0.5) is 0 Å². The van der Waals surface area contributed by atoms with Gasteiger partial charge in [0.05, 0.1) is 12.7 Å². The maximum absolute atomic E-state index is 12.2. The number of carbonyl (C=O) groups excluding carboxylic acids is 1. The highest BCUT2D eigenvalue weighted by molar-refractivity contribution is 6.09. The summed E-state index contributed by atoms with van der Waals surface area (Å²) in [6, 6.07) is 10.8. The van der Waals surface area contributed by atoms with E-state index in [1.807, 2.05) is 25.1 Å². The molecule has 0 fully saturated rings. The van der Waals surface area contributed by atoms with Gasteiger partial charge in [-0.25, -0.2) is 0 Å². The lowest BCUT2D eigenvalue weighted by Gasteiger charge is -2.06. The normalized spacial score (nSPS) is 10.0. The summed E-state index contributed by atoms with van der Waals surface area (Å²) >= 11 is 0. The van der Waals surface area contributed by atoms with Gasteiger partial charge in [-0.3, -0.25) is 9.78 Å². The first-order valence-electron chi connectivity index (χ1n) is 5.33. The van der Waals surface area contributed by atoms with Gasteiger partial charge in [0.15, 0.2) is 0 Å². The summed E-state index contributed by atoms with van der Waals surface area (Å²) < 4.78 is 5.17. The van der Waals surface area contributed by atoms with E-state index in [0.29, 0.717) is 17.0 Å². The number of aromatic nitrogens is 1. The summed E-state index contributed by atoms with van der Waals surface area (Å²) in [5.74, 6) is 0.451. The largest absolute Gasteiger partial charge is 0.496 e. The molecule has 0 N–H and O–H groups in total. The van der Waals surface area contributed by atoms with Crippen LogP contribution < -0.4 is 4.74 Å². The van der Waals surface area contributed by atoms with Gasteiger partial charge in [0, 0.05) is 6.20 Å². The maximum Gasteiger partial charge on any atom is 0.215 e. The molecule has 3 heteroatoms. The van der Waals surface area contributed by atoms with Crippen molar-refractivity contribution in [2.45, 2.75) is 6.92 Å². The molecule has 3 nitrogen and oxygen atoms in total. The van der Waals surface area contributed by atoms with Crippen LogP contribution in [0.1, 0.15) is 21.6 Å². The van der Waals surface area contributed by atoms with E-state index in [-0.39, 0.29) is 5.78 Å². The van der Waals surface area contributed by atoms with E-state index in [2.05, 4.69) is 4.98 Å². The Bertz CT molecular complexity index is 549. The third-order valence-corrected chi connectivity index (χ3v) is 2.50. The van der Waals surface area contributed by atoms with Crippen molar-refractivity contribution < 1.29 is 9.53 Å². The number of nitrogens with zero attached hydrogens (tertiary/aromatic N) is 1. The fraction of sp³-hybridized carbons (Fsp3) is 0.143. The molecule has 86 valence electrons. The fourth-order valence-corrected chi connectivity index (χ4v) is 1.63. The number of rotatable bonds is 3. The smallest absolute Gasteiger partial charge is 0.215 e. The predicted octanol–water partition coefficient (Wildman–Crippen LogP) is 2.63. The molecule has 0 saturated heterocycles. The average molecular weight is 227 g/mol. The SMILES string of the molecule is COc1ccccc1C(=O)c1cc(C)ccn1. The van der Waals surface area contributed by atoms with Gasteiger partial charge in [-0.05, 0) is 36.8 Å². The molecule has 1 heterocycles. The minimum Gasteiger partial charge on any atom is -0.496 e. The maximum atomic E-state index is 12.2. The second kappa shape index (κ2) is 4.78. The summed E-state index contributed by atoms with van der Waals surface area (Å²) in [4.78, 5) is 16.3. The third kappa shape index (κ3) is 2.33. The number of pyridine rings is 1. The molecule has 0 aliphatic rings. The second-order valence-corrected chi connectivity index (χ2v) is 3.75. The van der Waals surface area contributed by atoms with Crippen LogP contribution in [0.15, 0.2) is 42.6 Å². The molecule has 17 heavy (non-hydrogen) atoms. The van der Waals surface area contributed by atoms with E-state index in [9.17, 15) is 4.79 Å². The van der Waals surface area contributed by atoms with E-state index in [1.165, 1.54) is 0 Å². The zero-order valence-corrected chi connectivity index (χ0v) is 9.81. The fourth-order valence-electron chi connectivity index (χ4n) is 1.63. The number of methoxy groups -OCH3 is 1. The first-order valence-corrected chi connectivity index (χ1v) is 5.33. The number of ether oxygens (including phenoxy) is 1. The van der Waals surface area contributed by atoms with Crippen LogP contribution >= 0.6 is 0 Å². The quantitative estimate of drug-likeness (QED) is 0.757. The number of para-hydroxylation sites is 1. The summed E-state index contributed by atoms with van der Waals surface area (Å²) in [5.41, 5.74) is 1.99. The Morgan fingerprint density at radius 2 is 2.00 bits per heavy atom. The summed E-state index contributed by atoms with van der Waals surface area (Å²) in [6.45, 7) is 1.93. The molecule has 0 atom stereocenters. The highest BCUT2D eigenvalue weighted by atomic mass is 16.5. The molecule has 0 bridgehead atoms. The molecule has 2 aromatic rings. The van der Waals surface area contributed by atoms with Gasteiger partial charge in [0.1, 0.15) is 11.4 Å². The van der Waals surface area contributed by atoms with Gasteiger partial charge in [-0.15, -0.1) is 0 Å². The Hall–Kier alpha value is -2.16. The summed E-state index contributed by atoms with van der Waals surface area (Å²) in [7, 11) is 1.55. The van der Waals surface area contributed by atoms with Gasteiger partial charge in [-0.1, -0.05) is 12.1 Å². The standard InChI is InChI=1S/C14H13NO2/c1-10-7-8-15-12(9-10)14(16)11-5-3-4-6-13(11)17-2/h3-9H,1-2H3. The molecule has 0 aliphatic heterocycles. The van der Waals surface area contributed by atoms with E-state index in [0.717, 1.165) is 5.56 Å². The number of carbonyl (C=O) groups is 1. The number of hydrogen-bond donors (Lipinski definition) is 0. The predicted molar refractivity (Wildman–Crippen MR) is 65.4 cm³/mol. The highest BCUT2D eigenvalue weighted by Crippen LogP contribution is 2.20. The first kappa shape index (κ1) is 11.3. The number of hydrogen-bond acceptors (Lipinski definition) is 3. The van der Waals surface area contributed by atoms with Crippen LogP contribution in [0, 0.1) is 6.92 Å². The Labute approximate surface area is 100 Å². The highest BCUT2D eigenvalue weighted by Gasteiger charge is 2.14. The van der Waals surface area contributed by atoms with E-state index in [1.54, 1.807) is 31.5 Å². The van der Waals surface area contributed by atoms with Crippen LogP contribution in [0.3, 0.4) is 0 Å². The van der Waals surface area contributed by atoms with Gasteiger partial charge < -0.3 is 4.74 Å². The van der Waals surface area contributed by atoms with Crippen molar-refractivity contribution in [2.75, 3.05) is 7.11 Å². The van der Waals surface area contributed by atoms with Crippen LogP contribution in [-0.2, 0) is 0 Å². The van der Waals surface area contributed by atoms with E-state index < -0.39 is 0 Å². The first-order chi connectivity index (χ1) is 8.22. The minimum atomic E-state index is -0.119. The van der Waals surface area contributed by atoms with Crippen molar-refractivity contribution in [2.24, 2.45) is 0 Å². The van der Waals surface area contributed by atoms with Crippen molar-refractivity contribution in [1.29, 1.82) is 0 Å². The lowest BCUT2D eigenvalue weighted by atomic mass is 10.1.